The molecule has 0 unspecified atom stereocenters. The molecule has 9 heteroatoms. The van der Waals surface area contributed by atoms with E-state index in [1.54, 1.807) is 54.7 Å². The Kier molecular flexibility index (Phi) is 5.47. The van der Waals surface area contributed by atoms with Crippen LogP contribution in [0.5, 0.6) is 0 Å². The second-order valence-corrected chi connectivity index (χ2v) is 8.07. The maximum absolute atomic E-state index is 15.2. The molecule has 35 heavy (non-hydrogen) atoms. The minimum atomic E-state index is -0.546. The maximum atomic E-state index is 15.2. The van der Waals surface area contributed by atoms with E-state index in [1.807, 2.05) is 13.0 Å². The van der Waals surface area contributed by atoms with E-state index in [0.29, 0.717) is 44.9 Å². The standard InChI is InChI=1S/C26H19FN6O2/c1-14-12-29-24(31-14)20-9-8-18(21-13-30-25(34)23(20)21)19-7-6-17(10-22(19)27)33-26(35)32-16-4-2-15(11-28)3-5-16/h2-10,12H,13H2,1H3,(H,29,31)(H,30,34)(H2,32,33,35). The Morgan fingerprint density at radius 2 is 1.71 bits per heavy atom. The summed E-state index contributed by atoms with van der Waals surface area (Å²) in [7, 11) is 0. The van der Waals surface area contributed by atoms with Crippen molar-refractivity contribution in [1.82, 2.24) is 15.3 Å². The quantitative estimate of drug-likeness (QED) is 0.340. The number of urea groups is 1. The topological polar surface area (TPSA) is 123 Å². The predicted octanol–water partition coefficient (Wildman–Crippen LogP) is 4.95. The van der Waals surface area contributed by atoms with Crippen LogP contribution in [0.2, 0.25) is 0 Å². The van der Waals surface area contributed by atoms with Gasteiger partial charge in [-0.15, -0.1) is 0 Å². The Morgan fingerprint density at radius 3 is 2.40 bits per heavy atom. The third-order valence-corrected chi connectivity index (χ3v) is 5.71. The molecule has 4 N–H and O–H groups in total. The fourth-order valence-electron chi connectivity index (χ4n) is 4.08. The van der Waals surface area contributed by atoms with Gasteiger partial charge in [0, 0.05) is 40.9 Å². The number of anilines is 2. The van der Waals surface area contributed by atoms with Crippen LogP contribution < -0.4 is 16.0 Å². The molecule has 0 saturated carbocycles. The van der Waals surface area contributed by atoms with Gasteiger partial charge in [0.1, 0.15) is 11.6 Å². The van der Waals surface area contributed by atoms with E-state index >= 15 is 4.39 Å². The number of rotatable bonds is 4. The van der Waals surface area contributed by atoms with E-state index in [2.05, 4.69) is 25.9 Å². The van der Waals surface area contributed by atoms with Gasteiger partial charge in [-0.2, -0.15) is 5.26 Å². The smallest absolute Gasteiger partial charge is 0.323 e. The summed E-state index contributed by atoms with van der Waals surface area (Å²) in [6.07, 6.45) is 1.69. The highest BCUT2D eigenvalue weighted by Gasteiger charge is 2.28. The molecule has 3 aromatic carbocycles. The highest BCUT2D eigenvalue weighted by molar-refractivity contribution is 6.06. The minimum absolute atomic E-state index is 0.232. The molecular weight excluding hydrogens is 447 g/mol. The first-order valence-electron chi connectivity index (χ1n) is 10.8. The van der Waals surface area contributed by atoms with Gasteiger partial charge in [-0.1, -0.05) is 6.07 Å². The van der Waals surface area contributed by atoms with Crippen LogP contribution >= 0.6 is 0 Å². The number of imidazole rings is 1. The number of benzene rings is 3. The van der Waals surface area contributed by atoms with Crippen LogP contribution in [0.4, 0.5) is 20.6 Å². The van der Waals surface area contributed by atoms with Crippen LogP contribution in [0, 0.1) is 24.1 Å². The number of aryl methyl sites for hydroxylation is 1. The molecule has 0 saturated heterocycles. The van der Waals surface area contributed by atoms with Crippen molar-refractivity contribution in [3.05, 3.63) is 89.0 Å². The molecule has 0 spiro atoms. The number of nitrogens with one attached hydrogen (secondary N) is 4. The maximum Gasteiger partial charge on any atom is 0.323 e. The zero-order valence-electron chi connectivity index (χ0n) is 18.6. The van der Waals surface area contributed by atoms with Crippen molar-refractivity contribution in [3.63, 3.8) is 0 Å². The van der Waals surface area contributed by atoms with Gasteiger partial charge >= 0.3 is 6.03 Å². The number of carbonyl (C=O) groups is 2. The van der Waals surface area contributed by atoms with Crippen molar-refractivity contribution in [3.8, 4) is 28.6 Å². The number of nitriles is 1. The number of H-pyrrole nitrogens is 1. The van der Waals surface area contributed by atoms with Crippen molar-refractivity contribution in [2.24, 2.45) is 0 Å². The number of carbonyl (C=O) groups excluding carboxylic acids is 2. The summed E-state index contributed by atoms with van der Waals surface area (Å²) in [5, 5.41) is 16.9. The van der Waals surface area contributed by atoms with Gasteiger partial charge < -0.3 is 20.9 Å². The molecule has 4 aromatic rings. The van der Waals surface area contributed by atoms with Crippen LogP contribution in [0.25, 0.3) is 22.5 Å². The van der Waals surface area contributed by atoms with Crippen molar-refractivity contribution in [2.75, 3.05) is 10.6 Å². The fourth-order valence-corrected chi connectivity index (χ4v) is 4.08. The fraction of sp³-hybridized carbons (Fsp3) is 0.0769. The Morgan fingerprint density at radius 1 is 1.03 bits per heavy atom. The highest BCUT2D eigenvalue weighted by atomic mass is 19.1. The van der Waals surface area contributed by atoms with Crippen LogP contribution in [-0.4, -0.2) is 21.9 Å². The monoisotopic (exact) mass is 466 g/mol. The zero-order chi connectivity index (χ0) is 24.5. The summed E-state index contributed by atoms with van der Waals surface area (Å²) in [4.78, 5) is 32.3. The highest BCUT2D eigenvalue weighted by Crippen LogP contribution is 2.36. The molecule has 8 nitrogen and oxygen atoms in total. The lowest BCUT2D eigenvalue weighted by Gasteiger charge is -2.13. The van der Waals surface area contributed by atoms with E-state index < -0.39 is 11.8 Å². The Bertz CT molecular complexity index is 1520. The average molecular weight is 466 g/mol. The molecule has 1 aliphatic heterocycles. The molecule has 3 amide bonds. The van der Waals surface area contributed by atoms with Gasteiger partial charge in [-0.05, 0) is 66.6 Å². The van der Waals surface area contributed by atoms with Gasteiger partial charge in [0.15, 0.2) is 0 Å². The van der Waals surface area contributed by atoms with E-state index in [9.17, 15) is 9.59 Å². The van der Waals surface area contributed by atoms with E-state index in [0.717, 1.165) is 5.69 Å². The average Bonchev–Trinajstić information content (AvgIpc) is 3.45. The molecule has 0 aliphatic carbocycles. The van der Waals surface area contributed by atoms with Crippen molar-refractivity contribution < 1.29 is 14.0 Å². The van der Waals surface area contributed by atoms with Crippen LogP contribution in [0.15, 0.2) is 60.8 Å². The van der Waals surface area contributed by atoms with Crippen LogP contribution in [0.1, 0.15) is 27.2 Å². The summed E-state index contributed by atoms with van der Waals surface area (Å²) < 4.78 is 15.2. The lowest BCUT2D eigenvalue weighted by molar-refractivity contribution is 0.0966. The summed E-state index contributed by atoms with van der Waals surface area (Å²) in [6.45, 7) is 2.16. The van der Waals surface area contributed by atoms with Crippen molar-refractivity contribution in [1.29, 1.82) is 5.26 Å². The third kappa shape index (κ3) is 4.20. The largest absolute Gasteiger partial charge is 0.348 e. The van der Waals surface area contributed by atoms with Gasteiger partial charge in [0.2, 0.25) is 0 Å². The van der Waals surface area contributed by atoms with Gasteiger partial charge in [0.25, 0.3) is 5.91 Å². The number of amides is 3. The van der Waals surface area contributed by atoms with Crippen LogP contribution in [-0.2, 0) is 6.54 Å². The second-order valence-electron chi connectivity index (χ2n) is 8.07. The number of nitrogens with zero attached hydrogens (tertiary/aromatic N) is 2. The molecule has 0 fully saturated rings. The first-order chi connectivity index (χ1) is 16.9. The number of aromatic amines is 1. The Balaban J connectivity index is 1.40. The van der Waals surface area contributed by atoms with Gasteiger partial charge in [-0.25, -0.2) is 14.2 Å². The van der Waals surface area contributed by atoms with Gasteiger partial charge in [-0.3, -0.25) is 4.79 Å². The number of halogens is 1. The van der Waals surface area contributed by atoms with Crippen molar-refractivity contribution >= 4 is 23.3 Å². The summed E-state index contributed by atoms with van der Waals surface area (Å²) >= 11 is 0. The molecule has 0 radical (unpaired) electrons. The van der Waals surface area contributed by atoms with E-state index in [4.69, 9.17) is 5.26 Å². The molecule has 0 bridgehead atoms. The van der Waals surface area contributed by atoms with E-state index in [-0.39, 0.29) is 18.1 Å². The lowest BCUT2D eigenvalue weighted by atomic mass is 9.92. The molecule has 1 aliphatic rings. The third-order valence-electron chi connectivity index (χ3n) is 5.71. The summed E-state index contributed by atoms with van der Waals surface area (Å²) in [5.74, 6) is -0.191. The van der Waals surface area contributed by atoms with Gasteiger partial charge in [0.05, 0.1) is 17.2 Å². The second kappa shape index (κ2) is 8.76. The number of hydrogen-bond donors (Lipinski definition) is 4. The Labute approximate surface area is 199 Å². The van der Waals surface area contributed by atoms with E-state index in [1.165, 1.54) is 6.07 Å². The first-order valence-corrected chi connectivity index (χ1v) is 10.8. The molecular formula is C26H19FN6O2. The van der Waals surface area contributed by atoms with Crippen molar-refractivity contribution in [2.45, 2.75) is 13.5 Å². The Hall–Kier alpha value is -4.97. The zero-order valence-corrected chi connectivity index (χ0v) is 18.6. The van der Waals surface area contributed by atoms with Crippen LogP contribution in [0.3, 0.4) is 0 Å². The number of fused-ring (bicyclic) bond motifs is 1. The SMILES string of the molecule is Cc1cnc(-c2ccc(-c3ccc(NC(=O)Nc4ccc(C#N)cc4)cc3F)c3c2C(=O)NC3)[nH]1. The summed E-state index contributed by atoms with van der Waals surface area (Å²) in [6, 6.07) is 15.8. The lowest BCUT2D eigenvalue weighted by Crippen LogP contribution is -2.19. The molecule has 172 valence electrons. The molecule has 0 atom stereocenters. The molecule has 5 rings (SSSR count). The summed E-state index contributed by atoms with van der Waals surface area (Å²) in [5.41, 5.74) is 4.85. The number of aromatic nitrogens is 2. The molecule has 1 aromatic heterocycles. The predicted molar refractivity (Wildman–Crippen MR) is 129 cm³/mol. The normalized spacial score (nSPS) is 12.0. The first kappa shape index (κ1) is 21.9. The number of hydrogen-bond acceptors (Lipinski definition) is 4. The minimum Gasteiger partial charge on any atom is -0.348 e. The molecule has 2 heterocycles.